The zero-order valence-corrected chi connectivity index (χ0v) is 15.2. The second-order valence-corrected chi connectivity index (χ2v) is 7.09. The van der Waals surface area contributed by atoms with Crippen LogP contribution in [0.5, 0.6) is 0 Å². The lowest BCUT2D eigenvalue weighted by Crippen LogP contribution is -2.30. The fraction of sp³-hybridized carbons (Fsp3) is 0.471. The summed E-state index contributed by atoms with van der Waals surface area (Å²) in [7, 11) is 0. The number of nitrogens with one attached hydrogen (secondary N) is 2. The summed E-state index contributed by atoms with van der Waals surface area (Å²) in [5.74, 6) is -0.0712. The number of amides is 1. The smallest absolute Gasteiger partial charge is 0.343 e. The summed E-state index contributed by atoms with van der Waals surface area (Å²) in [5.41, 5.74) is 2.03. The largest absolute Gasteiger partial charge is 0.351 e. The van der Waals surface area contributed by atoms with Gasteiger partial charge in [-0.05, 0) is 25.8 Å². The first-order valence-electron chi connectivity index (χ1n) is 8.16. The summed E-state index contributed by atoms with van der Waals surface area (Å²) in [6, 6.07) is 8.05. The van der Waals surface area contributed by atoms with Crippen LogP contribution in [0.25, 0.3) is 0 Å². The third-order valence-corrected chi connectivity index (χ3v) is 4.79. The predicted molar refractivity (Wildman–Crippen MR) is 96.1 cm³/mol. The van der Waals surface area contributed by atoms with Gasteiger partial charge in [0.15, 0.2) is 5.16 Å². The highest BCUT2D eigenvalue weighted by Crippen LogP contribution is 2.20. The van der Waals surface area contributed by atoms with Crippen molar-refractivity contribution in [1.29, 1.82) is 0 Å². The molecule has 0 unspecified atom stereocenters. The van der Waals surface area contributed by atoms with Gasteiger partial charge in [0.1, 0.15) is 0 Å². The highest BCUT2D eigenvalue weighted by Gasteiger charge is 2.18. The van der Waals surface area contributed by atoms with Crippen LogP contribution in [-0.4, -0.2) is 25.9 Å². The molecule has 2 N–H and O–H groups in total. The second kappa shape index (κ2) is 8.73. The van der Waals surface area contributed by atoms with Crippen LogP contribution in [0.3, 0.4) is 0 Å². The number of benzene rings is 1. The first-order chi connectivity index (χ1) is 11.5. The summed E-state index contributed by atoms with van der Waals surface area (Å²) >= 11 is 1.30. The number of hydrogen-bond acceptors (Lipinski definition) is 4. The minimum atomic E-state index is -0.328. The Morgan fingerprint density at radius 3 is 2.75 bits per heavy atom. The Balaban J connectivity index is 1.91. The van der Waals surface area contributed by atoms with E-state index in [0.717, 1.165) is 18.4 Å². The van der Waals surface area contributed by atoms with Crippen LogP contribution in [0.15, 0.2) is 34.2 Å². The van der Waals surface area contributed by atoms with Gasteiger partial charge in [0, 0.05) is 13.1 Å². The van der Waals surface area contributed by atoms with Gasteiger partial charge in [0.05, 0.1) is 5.25 Å². The second-order valence-electron chi connectivity index (χ2n) is 5.78. The van der Waals surface area contributed by atoms with Crippen LogP contribution >= 0.6 is 11.8 Å². The molecule has 0 saturated carbocycles. The van der Waals surface area contributed by atoms with Gasteiger partial charge in [-0.15, -0.1) is 5.10 Å². The maximum absolute atomic E-state index is 12.3. The van der Waals surface area contributed by atoms with Crippen molar-refractivity contribution >= 4 is 17.7 Å². The van der Waals surface area contributed by atoms with Gasteiger partial charge in [-0.1, -0.05) is 54.9 Å². The quantitative estimate of drug-likeness (QED) is 0.718. The minimum Gasteiger partial charge on any atom is -0.351 e. The molecule has 0 aliphatic carbocycles. The minimum absolute atomic E-state index is 0.0712. The molecule has 0 spiro atoms. The highest BCUT2D eigenvalue weighted by molar-refractivity contribution is 8.00. The molecule has 0 aliphatic rings. The standard InChI is InChI=1S/C17H24N4O2S/c1-4-5-10-21-16(23)19-20-17(21)24-13(3)15(22)18-11-14-8-6-12(2)7-9-14/h6-9,13H,4-5,10-11H2,1-3H3,(H,18,22)(H,19,23)/t13-/m1/s1. The predicted octanol–water partition coefficient (Wildman–Crippen LogP) is 2.48. The van der Waals surface area contributed by atoms with E-state index in [1.165, 1.54) is 17.3 Å². The summed E-state index contributed by atoms with van der Waals surface area (Å²) in [5, 5.41) is 9.64. The molecule has 7 heteroatoms. The fourth-order valence-electron chi connectivity index (χ4n) is 2.16. The number of unbranched alkanes of at least 4 members (excludes halogenated alkanes) is 1. The van der Waals surface area contributed by atoms with Crippen molar-refractivity contribution in [2.45, 2.75) is 57.1 Å². The normalized spacial score (nSPS) is 12.1. The molecule has 1 atom stereocenters. The monoisotopic (exact) mass is 348 g/mol. The van der Waals surface area contributed by atoms with Crippen molar-refractivity contribution in [2.24, 2.45) is 0 Å². The Bertz CT molecular complexity index is 721. The van der Waals surface area contributed by atoms with Gasteiger partial charge in [-0.25, -0.2) is 9.89 Å². The summed E-state index contributed by atoms with van der Waals surface area (Å²) in [6.07, 6.45) is 1.90. The number of thioether (sulfide) groups is 1. The van der Waals surface area contributed by atoms with Crippen molar-refractivity contribution in [3.05, 3.63) is 45.9 Å². The lowest BCUT2D eigenvalue weighted by molar-refractivity contribution is -0.120. The number of aryl methyl sites for hydroxylation is 1. The first-order valence-corrected chi connectivity index (χ1v) is 9.04. The van der Waals surface area contributed by atoms with E-state index in [9.17, 15) is 9.59 Å². The van der Waals surface area contributed by atoms with E-state index in [4.69, 9.17) is 0 Å². The molecule has 0 bridgehead atoms. The van der Waals surface area contributed by atoms with Crippen molar-refractivity contribution in [3.8, 4) is 0 Å². The van der Waals surface area contributed by atoms with E-state index < -0.39 is 0 Å². The highest BCUT2D eigenvalue weighted by atomic mass is 32.2. The van der Waals surface area contributed by atoms with Gasteiger partial charge in [-0.2, -0.15) is 0 Å². The van der Waals surface area contributed by atoms with Crippen molar-refractivity contribution in [3.63, 3.8) is 0 Å². The summed E-state index contributed by atoms with van der Waals surface area (Å²) in [6.45, 7) is 7.03. The number of aromatic nitrogens is 3. The summed E-state index contributed by atoms with van der Waals surface area (Å²) in [4.78, 5) is 24.0. The molecule has 6 nitrogen and oxygen atoms in total. The number of H-pyrrole nitrogens is 1. The topological polar surface area (TPSA) is 79.8 Å². The molecule has 24 heavy (non-hydrogen) atoms. The molecule has 1 aromatic heterocycles. The maximum Gasteiger partial charge on any atom is 0.343 e. The van der Waals surface area contributed by atoms with Crippen LogP contribution in [0.1, 0.15) is 37.8 Å². The van der Waals surface area contributed by atoms with E-state index in [0.29, 0.717) is 18.2 Å². The molecular formula is C17H24N4O2S. The third kappa shape index (κ3) is 4.99. The van der Waals surface area contributed by atoms with Crippen LogP contribution in [0.4, 0.5) is 0 Å². The zero-order chi connectivity index (χ0) is 17.5. The Hall–Kier alpha value is -2.02. The first kappa shape index (κ1) is 18.3. The average Bonchev–Trinajstić information content (AvgIpc) is 2.92. The molecule has 0 saturated heterocycles. The van der Waals surface area contributed by atoms with Gasteiger partial charge in [-0.3, -0.25) is 9.36 Å². The lowest BCUT2D eigenvalue weighted by atomic mass is 10.1. The maximum atomic E-state index is 12.3. The van der Waals surface area contributed by atoms with E-state index in [1.54, 1.807) is 4.57 Å². The van der Waals surface area contributed by atoms with E-state index >= 15 is 0 Å². The van der Waals surface area contributed by atoms with Crippen LogP contribution < -0.4 is 11.0 Å². The molecule has 0 radical (unpaired) electrons. The van der Waals surface area contributed by atoms with Crippen LogP contribution in [0.2, 0.25) is 0 Å². The SMILES string of the molecule is CCCCn1c(S[C@H](C)C(=O)NCc2ccc(C)cc2)n[nH]c1=O. The van der Waals surface area contributed by atoms with Gasteiger partial charge in [0.2, 0.25) is 5.91 Å². The van der Waals surface area contributed by atoms with E-state index in [1.807, 2.05) is 38.1 Å². The zero-order valence-electron chi connectivity index (χ0n) is 14.3. The van der Waals surface area contributed by atoms with E-state index in [2.05, 4.69) is 22.4 Å². The molecule has 2 rings (SSSR count). The lowest BCUT2D eigenvalue weighted by Gasteiger charge is -2.12. The number of nitrogens with zero attached hydrogens (tertiary/aromatic N) is 2. The third-order valence-electron chi connectivity index (χ3n) is 3.70. The molecule has 130 valence electrons. The van der Waals surface area contributed by atoms with Gasteiger partial charge in [0.25, 0.3) is 0 Å². The molecule has 1 aromatic carbocycles. The molecular weight excluding hydrogens is 324 g/mol. The Labute approximate surface area is 146 Å². The van der Waals surface area contributed by atoms with Crippen molar-refractivity contribution in [2.75, 3.05) is 0 Å². The summed E-state index contributed by atoms with van der Waals surface area (Å²) < 4.78 is 1.60. The fourth-order valence-corrected chi connectivity index (χ4v) is 3.06. The number of aromatic amines is 1. The number of rotatable bonds is 8. The van der Waals surface area contributed by atoms with Crippen LogP contribution in [-0.2, 0) is 17.9 Å². The Morgan fingerprint density at radius 1 is 1.38 bits per heavy atom. The van der Waals surface area contributed by atoms with Crippen molar-refractivity contribution in [1.82, 2.24) is 20.1 Å². The van der Waals surface area contributed by atoms with Crippen LogP contribution in [0, 0.1) is 6.92 Å². The molecule has 1 heterocycles. The number of carbonyl (C=O) groups is 1. The van der Waals surface area contributed by atoms with Gasteiger partial charge < -0.3 is 5.32 Å². The number of hydrogen-bond donors (Lipinski definition) is 2. The molecule has 0 aliphatic heterocycles. The average molecular weight is 348 g/mol. The molecule has 1 amide bonds. The Kier molecular flexibility index (Phi) is 6.66. The Morgan fingerprint density at radius 2 is 2.08 bits per heavy atom. The molecule has 2 aromatic rings. The number of carbonyl (C=O) groups excluding carboxylic acids is 1. The molecule has 0 fully saturated rings. The van der Waals surface area contributed by atoms with Crippen molar-refractivity contribution < 1.29 is 4.79 Å². The van der Waals surface area contributed by atoms with E-state index in [-0.39, 0.29) is 16.8 Å². The van der Waals surface area contributed by atoms with Gasteiger partial charge >= 0.3 is 5.69 Å².